The van der Waals surface area contributed by atoms with E-state index in [1.807, 2.05) is 26.0 Å². The number of thiocarbonyl (C=S) groups is 1. The van der Waals surface area contributed by atoms with Crippen molar-refractivity contribution in [3.05, 3.63) is 45.2 Å². The predicted octanol–water partition coefficient (Wildman–Crippen LogP) is 1.15. The van der Waals surface area contributed by atoms with Crippen LogP contribution in [0.25, 0.3) is 10.9 Å². The van der Waals surface area contributed by atoms with Gasteiger partial charge in [0, 0.05) is 36.0 Å². The Hall–Kier alpha value is -1.96. The van der Waals surface area contributed by atoms with Crippen molar-refractivity contribution in [3.8, 4) is 0 Å². The molecule has 2 aromatic rings. The lowest BCUT2D eigenvalue weighted by Gasteiger charge is -2.28. The summed E-state index contributed by atoms with van der Waals surface area (Å²) in [5, 5.41) is 5.06. The van der Waals surface area contributed by atoms with Crippen molar-refractivity contribution in [3.63, 3.8) is 0 Å². The second kappa shape index (κ2) is 10.2. The fourth-order valence-electron chi connectivity index (χ4n) is 3.98. The number of hydrogen-bond donors (Lipinski definition) is 3. The summed E-state index contributed by atoms with van der Waals surface area (Å²) in [6, 6.07) is 6.20. The largest absolute Gasteiger partial charge is 0.370 e. The number of hydrogen-bond acceptors (Lipinski definition) is 3. The first-order valence-electron chi connectivity index (χ1n) is 10.5. The molecule has 3 N–H and O–H groups in total. The van der Waals surface area contributed by atoms with E-state index in [4.69, 9.17) is 17.0 Å². The molecule has 0 saturated carbocycles. The number of fused-ring (bicyclic) bond motifs is 1. The molecule has 158 valence electrons. The van der Waals surface area contributed by atoms with Gasteiger partial charge in [0.25, 0.3) is 5.56 Å². The van der Waals surface area contributed by atoms with E-state index in [0.29, 0.717) is 11.7 Å². The molecule has 2 heterocycles. The van der Waals surface area contributed by atoms with E-state index in [0.717, 1.165) is 74.4 Å². The molecule has 1 aromatic carbocycles. The molecule has 3 rings (SSSR count). The second-order valence-corrected chi connectivity index (χ2v) is 8.28. The minimum Gasteiger partial charge on any atom is -0.370 e. The van der Waals surface area contributed by atoms with Crippen molar-refractivity contribution in [2.24, 2.45) is 0 Å². The number of aryl methyl sites for hydroxylation is 2. The quantitative estimate of drug-likeness (QED) is 0.590. The molecular formula is C22H33N4O2S+. The molecule has 29 heavy (non-hydrogen) atoms. The molecular weight excluding hydrogens is 384 g/mol. The Morgan fingerprint density at radius 1 is 1.28 bits per heavy atom. The Kier molecular flexibility index (Phi) is 7.64. The van der Waals surface area contributed by atoms with Crippen LogP contribution in [0.15, 0.2) is 23.0 Å². The van der Waals surface area contributed by atoms with Gasteiger partial charge in [-0.2, -0.15) is 0 Å². The molecule has 0 atom stereocenters. The number of aromatic amines is 1. The molecule has 0 spiro atoms. The molecule has 0 radical (unpaired) electrons. The highest BCUT2D eigenvalue weighted by Gasteiger charge is 2.17. The summed E-state index contributed by atoms with van der Waals surface area (Å²) in [7, 11) is 0. The maximum atomic E-state index is 12.7. The standard InChI is InChI=1S/C22H32N4O2S/c1-4-23-22(29)26(7-5-6-25-8-10-28-11-9-25)15-18-14-19-17(3)12-16(2)13-20(19)24-21(18)27/h12-14H,4-11,15H2,1-3H3,(H,23,29)(H,24,27)/p+1. The van der Waals surface area contributed by atoms with E-state index < -0.39 is 0 Å². The van der Waals surface area contributed by atoms with Crippen LogP contribution in [0.5, 0.6) is 0 Å². The Morgan fingerprint density at radius 3 is 2.76 bits per heavy atom. The minimum absolute atomic E-state index is 0.0365. The van der Waals surface area contributed by atoms with Crippen LogP contribution < -0.4 is 15.8 Å². The Balaban J connectivity index is 1.75. The zero-order chi connectivity index (χ0) is 20.8. The smallest absolute Gasteiger partial charge is 0.253 e. The van der Waals surface area contributed by atoms with Crippen LogP contribution in [0.4, 0.5) is 0 Å². The molecule has 1 fully saturated rings. The zero-order valence-corrected chi connectivity index (χ0v) is 18.6. The average molecular weight is 418 g/mol. The molecule has 6 nitrogen and oxygen atoms in total. The molecule has 7 heteroatoms. The SMILES string of the molecule is CCNC(=S)N(CCC[NH+]1CCOCC1)Cc1cc2c(C)cc(C)cc2[nH]c1=O. The van der Waals surface area contributed by atoms with Crippen molar-refractivity contribution in [1.82, 2.24) is 15.2 Å². The number of nitrogens with one attached hydrogen (secondary N) is 3. The minimum atomic E-state index is -0.0365. The number of quaternary nitrogens is 1. The number of pyridine rings is 1. The summed E-state index contributed by atoms with van der Waals surface area (Å²) in [4.78, 5) is 19.5. The predicted molar refractivity (Wildman–Crippen MR) is 122 cm³/mol. The molecule has 0 bridgehead atoms. The summed E-state index contributed by atoms with van der Waals surface area (Å²) in [5.41, 5.74) is 3.94. The molecule has 0 amide bonds. The van der Waals surface area contributed by atoms with Gasteiger partial charge in [0.1, 0.15) is 13.1 Å². The first-order valence-corrected chi connectivity index (χ1v) is 11.0. The van der Waals surface area contributed by atoms with Crippen LogP contribution in [0.1, 0.15) is 30.0 Å². The van der Waals surface area contributed by atoms with Crippen molar-refractivity contribution in [2.45, 2.75) is 33.7 Å². The normalized spacial score (nSPS) is 14.9. The van der Waals surface area contributed by atoms with Gasteiger partial charge in [-0.25, -0.2) is 0 Å². The fraction of sp³-hybridized carbons (Fsp3) is 0.545. The summed E-state index contributed by atoms with van der Waals surface area (Å²) in [5.74, 6) is 0. The van der Waals surface area contributed by atoms with E-state index >= 15 is 0 Å². The molecule has 1 aliphatic rings. The Morgan fingerprint density at radius 2 is 2.03 bits per heavy atom. The lowest BCUT2D eigenvalue weighted by molar-refractivity contribution is -0.908. The molecule has 0 unspecified atom stereocenters. The number of aromatic nitrogens is 1. The van der Waals surface area contributed by atoms with Crippen LogP contribution in [0.2, 0.25) is 0 Å². The van der Waals surface area contributed by atoms with Crippen molar-refractivity contribution in [1.29, 1.82) is 0 Å². The van der Waals surface area contributed by atoms with Gasteiger partial charge in [-0.15, -0.1) is 0 Å². The first kappa shape index (κ1) is 21.7. The third kappa shape index (κ3) is 5.78. The van der Waals surface area contributed by atoms with E-state index in [1.54, 1.807) is 4.90 Å². The second-order valence-electron chi connectivity index (χ2n) is 7.89. The van der Waals surface area contributed by atoms with Gasteiger partial charge in [-0.05, 0) is 56.2 Å². The van der Waals surface area contributed by atoms with Crippen LogP contribution in [-0.4, -0.2) is 60.9 Å². The van der Waals surface area contributed by atoms with Crippen LogP contribution in [0.3, 0.4) is 0 Å². The highest BCUT2D eigenvalue weighted by atomic mass is 32.1. The van der Waals surface area contributed by atoms with Crippen molar-refractivity contribution in [2.75, 3.05) is 45.9 Å². The number of morpholine rings is 1. The average Bonchev–Trinajstić information content (AvgIpc) is 2.69. The van der Waals surface area contributed by atoms with Gasteiger partial charge >= 0.3 is 0 Å². The van der Waals surface area contributed by atoms with E-state index in [-0.39, 0.29) is 5.56 Å². The van der Waals surface area contributed by atoms with Crippen molar-refractivity contribution < 1.29 is 9.64 Å². The van der Waals surface area contributed by atoms with Crippen LogP contribution in [-0.2, 0) is 11.3 Å². The van der Waals surface area contributed by atoms with Gasteiger partial charge in [0.05, 0.1) is 26.3 Å². The highest BCUT2D eigenvalue weighted by Crippen LogP contribution is 2.19. The third-order valence-corrected chi connectivity index (χ3v) is 5.93. The fourth-order valence-corrected chi connectivity index (χ4v) is 4.28. The maximum absolute atomic E-state index is 12.7. The zero-order valence-electron chi connectivity index (χ0n) is 17.8. The van der Waals surface area contributed by atoms with Gasteiger partial charge < -0.3 is 24.8 Å². The van der Waals surface area contributed by atoms with Gasteiger partial charge in [-0.3, -0.25) is 4.79 Å². The van der Waals surface area contributed by atoms with Gasteiger partial charge in [0.15, 0.2) is 5.11 Å². The number of H-pyrrole nitrogens is 1. The van der Waals surface area contributed by atoms with E-state index in [2.05, 4.69) is 28.2 Å². The number of nitrogens with zero attached hydrogens (tertiary/aromatic N) is 1. The number of ether oxygens (including phenoxy) is 1. The summed E-state index contributed by atoms with van der Waals surface area (Å²) >= 11 is 5.60. The Labute approximate surface area is 178 Å². The molecule has 1 aromatic heterocycles. The molecule has 1 saturated heterocycles. The summed E-state index contributed by atoms with van der Waals surface area (Å²) < 4.78 is 5.44. The highest BCUT2D eigenvalue weighted by molar-refractivity contribution is 7.80. The van der Waals surface area contributed by atoms with Gasteiger partial charge in [0.2, 0.25) is 0 Å². The third-order valence-electron chi connectivity index (χ3n) is 5.52. The van der Waals surface area contributed by atoms with Crippen LogP contribution >= 0.6 is 12.2 Å². The van der Waals surface area contributed by atoms with E-state index in [9.17, 15) is 4.79 Å². The number of rotatable bonds is 7. The lowest BCUT2D eigenvalue weighted by atomic mass is 10.0. The maximum Gasteiger partial charge on any atom is 0.253 e. The van der Waals surface area contributed by atoms with Gasteiger partial charge in [-0.1, -0.05) is 6.07 Å². The molecule has 0 aliphatic carbocycles. The van der Waals surface area contributed by atoms with E-state index in [1.165, 1.54) is 5.56 Å². The molecule has 1 aliphatic heterocycles. The van der Waals surface area contributed by atoms with Crippen molar-refractivity contribution >= 4 is 28.2 Å². The number of benzene rings is 1. The summed E-state index contributed by atoms with van der Waals surface area (Å²) in [6.07, 6.45) is 1.03. The monoisotopic (exact) mass is 417 g/mol. The lowest BCUT2D eigenvalue weighted by Crippen LogP contribution is -3.14. The Bertz CT molecular complexity index is 906. The van der Waals surface area contributed by atoms with Crippen LogP contribution in [0, 0.1) is 13.8 Å². The first-order chi connectivity index (χ1) is 14.0. The summed E-state index contributed by atoms with van der Waals surface area (Å²) in [6.45, 7) is 13.2. The topological polar surface area (TPSA) is 61.8 Å².